The van der Waals surface area contributed by atoms with Crippen LogP contribution < -0.4 is 0 Å². The Kier molecular flexibility index (Phi) is 12.4. The van der Waals surface area contributed by atoms with E-state index in [4.69, 9.17) is 0 Å². The van der Waals surface area contributed by atoms with Crippen LogP contribution in [0.3, 0.4) is 0 Å². The zero-order chi connectivity index (χ0) is 36.0. The molecular weight excluding hydrogens is 703 g/mol. The number of Topliss-reactive ketones (excluding diaryl/α,β-unsaturated/α-hetero) is 1. The average Bonchev–Trinajstić information content (AvgIpc) is 2.82. The highest BCUT2D eigenvalue weighted by atomic mass is 32.2. The summed E-state index contributed by atoms with van der Waals surface area (Å²) in [7, 11) is -7.83. The quantitative estimate of drug-likeness (QED) is 0.132. The van der Waals surface area contributed by atoms with Gasteiger partial charge in [0.2, 0.25) is 0 Å². The lowest BCUT2D eigenvalue weighted by Crippen LogP contribution is -2.75. The van der Waals surface area contributed by atoms with Crippen molar-refractivity contribution in [1.82, 2.24) is 0 Å². The summed E-state index contributed by atoms with van der Waals surface area (Å²) in [6.07, 6.45) is 1.28. The maximum atomic E-state index is 13.0. The van der Waals surface area contributed by atoms with E-state index >= 15 is 0 Å². The van der Waals surface area contributed by atoms with Crippen LogP contribution in [0.2, 0.25) is 0 Å². The SMILES string of the molecule is C[S+](CC(=O)C(C)(C)C)C1CCCCC1.O=S(=O)([O-])C(F)(F)C(F)(F)C(F)(F)C(F)(F)C(F)(F)C(F)(F)C(F)(F)C(F)(F)F. The van der Waals surface area contributed by atoms with Gasteiger partial charge in [0.05, 0.1) is 6.26 Å². The van der Waals surface area contributed by atoms with E-state index in [9.17, 15) is 92.4 Å². The molecule has 0 radical (unpaired) electrons. The van der Waals surface area contributed by atoms with Crippen molar-refractivity contribution in [3.8, 4) is 0 Å². The van der Waals surface area contributed by atoms with E-state index in [1.54, 1.807) is 0 Å². The molecule has 0 aromatic heterocycles. The van der Waals surface area contributed by atoms with Crippen LogP contribution in [-0.4, -0.2) is 83.0 Å². The van der Waals surface area contributed by atoms with Crippen LogP contribution in [0, 0.1) is 5.41 Å². The molecule has 0 spiro atoms. The minimum Gasteiger partial charge on any atom is -0.743 e. The molecular formula is C21H25F17O4S2. The van der Waals surface area contributed by atoms with Gasteiger partial charge in [0.15, 0.2) is 21.7 Å². The molecule has 0 amide bonds. The fourth-order valence-corrected chi connectivity index (χ4v) is 5.98. The molecule has 0 N–H and O–H groups in total. The number of hydrogen-bond acceptors (Lipinski definition) is 4. The van der Waals surface area contributed by atoms with Crippen LogP contribution in [0.25, 0.3) is 0 Å². The van der Waals surface area contributed by atoms with E-state index in [1.807, 2.05) is 20.8 Å². The lowest BCUT2D eigenvalue weighted by Gasteiger charge is -2.42. The number of hydrogen-bond donors (Lipinski definition) is 0. The lowest BCUT2D eigenvalue weighted by atomic mass is 9.91. The second-order valence-corrected chi connectivity index (χ2v) is 14.4. The normalized spacial score (nSPS) is 18.4. The predicted molar refractivity (Wildman–Crippen MR) is 120 cm³/mol. The summed E-state index contributed by atoms with van der Waals surface area (Å²) < 4.78 is 244. The van der Waals surface area contributed by atoms with E-state index in [-0.39, 0.29) is 5.41 Å². The smallest absolute Gasteiger partial charge is 0.460 e. The third kappa shape index (κ3) is 7.48. The zero-order valence-corrected chi connectivity index (χ0v) is 24.3. The van der Waals surface area contributed by atoms with Gasteiger partial charge >= 0.3 is 47.0 Å². The van der Waals surface area contributed by atoms with Crippen molar-refractivity contribution in [2.45, 2.75) is 105 Å². The number of carbonyl (C=O) groups excluding carboxylic acids is 1. The summed E-state index contributed by atoms with van der Waals surface area (Å²) >= 11 is 0. The monoisotopic (exact) mass is 728 g/mol. The molecule has 23 heteroatoms. The van der Waals surface area contributed by atoms with E-state index in [2.05, 4.69) is 6.26 Å². The second kappa shape index (κ2) is 12.7. The van der Waals surface area contributed by atoms with Crippen molar-refractivity contribution in [2.75, 3.05) is 12.0 Å². The Labute approximate surface area is 242 Å². The highest BCUT2D eigenvalue weighted by Crippen LogP contribution is 2.64. The van der Waals surface area contributed by atoms with Gasteiger partial charge in [-0.05, 0) is 36.6 Å². The van der Waals surface area contributed by atoms with Gasteiger partial charge in [-0.15, -0.1) is 0 Å². The first-order valence-corrected chi connectivity index (χ1v) is 15.0. The molecule has 1 aliphatic carbocycles. The van der Waals surface area contributed by atoms with Gasteiger partial charge in [0, 0.05) is 5.41 Å². The predicted octanol–water partition coefficient (Wildman–Crippen LogP) is 7.68. The maximum Gasteiger partial charge on any atom is 0.460 e. The first-order valence-electron chi connectivity index (χ1n) is 11.7. The molecule has 44 heavy (non-hydrogen) atoms. The average molecular weight is 729 g/mol. The van der Waals surface area contributed by atoms with Crippen LogP contribution in [0.1, 0.15) is 52.9 Å². The van der Waals surface area contributed by atoms with Gasteiger partial charge in [0.1, 0.15) is 5.25 Å². The van der Waals surface area contributed by atoms with Crippen molar-refractivity contribution in [3.63, 3.8) is 0 Å². The Morgan fingerprint density at radius 2 is 0.955 bits per heavy atom. The molecule has 1 saturated carbocycles. The molecule has 0 aromatic rings. The molecule has 0 heterocycles. The third-order valence-corrected chi connectivity index (χ3v) is 9.54. The largest absolute Gasteiger partial charge is 0.743 e. The Bertz CT molecular complexity index is 1110. The van der Waals surface area contributed by atoms with E-state index in [1.165, 1.54) is 32.1 Å². The number of halogens is 17. The molecule has 1 unspecified atom stereocenters. The van der Waals surface area contributed by atoms with Gasteiger partial charge in [-0.3, -0.25) is 4.79 Å². The Balaban J connectivity index is 0.00000103. The lowest BCUT2D eigenvalue weighted by molar-refractivity contribution is -0.458. The maximum absolute atomic E-state index is 13.0. The Hall–Kier alpha value is -1.26. The number of ketones is 1. The molecule has 0 bridgehead atoms. The summed E-state index contributed by atoms with van der Waals surface area (Å²) in [5, 5.41) is -7.12. The van der Waals surface area contributed by atoms with Crippen molar-refractivity contribution in [3.05, 3.63) is 0 Å². The van der Waals surface area contributed by atoms with Crippen LogP contribution >= 0.6 is 0 Å². The first kappa shape index (κ1) is 42.7. The summed E-state index contributed by atoms with van der Waals surface area (Å²) in [6, 6.07) is 0. The van der Waals surface area contributed by atoms with Crippen LogP contribution in [-0.2, 0) is 25.8 Å². The zero-order valence-electron chi connectivity index (χ0n) is 22.7. The van der Waals surface area contributed by atoms with E-state index < -0.39 is 57.1 Å². The van der Waals surface area contributed by atoms with E-state index in [0.29, 0.717) is 16.7 Å². The summed E-state index contributed by atoms with van der Waals surface area (Å²) in [5.41, 5.74) is -0.143. The molecule has 1 rings (SSSR count). The van der Waals surface area contributed by atoms with E-state index in [0.717, 1.165) is 11.0 Å². The molecule has 1 aliphatic rings. The fourth-order valence-electron chi connectivity index (χ4n) is 3.32. The Morgan fingerprint density at radius 3 is 1.25 bits per heavy atom. The highest BCUT2D eigenvalue weighted by Gasteiger charge is 2.95. The first-order chi connectivity index (χ1) is 18.9. The van der Waals surface area contributed by atoms with Crippen molar-refractivity contribution in [2.24, 2.45) is 5.41 Å². The van der Waals surface area contributed by atoms with Gasteiger partial charge in [-0.2, -0.15) is 74.6 Å². The third-order valence-electron chi connectivity index (χ3n) is 6.32. The van der Waals surface area contributed by atoms with Crippen molar-refractivity contribution >= 4 is 26.8 Å². The molecule has 264 valence electrons. The van der Waals surface area contributed by atoms with Crippen LogP contribution in [0.5, 0.6) is 0 Å². The summed E-state index contributed by atoms with van der Waals surface area (Å²) in [6.45, 7) is 6.11. The van der Waals surface area contributed by atoms with Crippen LogP contribution in [0.15, 0.2) is 0 Å². The molecule has 0 saturated heterocycles. The van der Waals surface area contributed by atoms with Gasteiger partial charge in [-0.25, -0.2) is 8.42 Å². The fraction of sp³-hybridized carbons (Fsp3) is 0.952. The molecule has 1 fully saturated rings. The van der Waals surface area contributed by atoms with Crippen LogP contribution in [0.4, 0.5) is 74.6 Å². The number of carbonyl (C=O) groups is 1. The molecule has 0 aromatic carbocycles. The number of alkyl halides is 17. The summed E-state index contributed by atoms with van der Waals surface area (Å²) in [4.78, 5) is 11.9. The minimum atomic E-state index is -8.92. The van der Waals surface area contributed by atoms with Gasteiger partial charge in [0.25, 0.3) is 0 Å². The van der Waals surface area contributed by atoms with Crippen molar-refractivity contribution in [1.29, 1.82) is 0 Å². The molecule has 4 nitrogen and oxygen atoms in total. The standard InChI is InChI=1S/C13H25OS.C8HF17O3S/c1-13(2,3)12(14)10-15(4)11-8-6-5-7-9-11;9-1(10,3(13,14)5(17,18)7(21,22)23)2(11,12)4(15,16)6(19,20)8(24,25)29(26,27)28/h11H,5-10H2,1-4H3;(H,26,27,28)/q+1;/p-1. The topological polar surface area (TPSA) is 74.3 Å². The number of rotatable bonds is 10. The molecule has 1 atom stereocenters. The Morgan fingerprint density at radius 1 is 0.636 bits per heavy atom. The van der Waals surface area contributed by atoms with Gasteiger partial charge in [-0.1, -0.05) is 27.2 Å². The van der Waals surface area contributed by atoms with Gasteiger partial charge < -0.3 is 4.55 Å². The highest BCUT2D eigenvalue weighted by molar-refractivity contribution is 7.97. The van der Waals surface area contributed by atoms with Crippen molar-refractivity contribution < 1.29 is 92.4 Å². The minimum absolute atomic E-state index is 0.143. The summed E-state index contributed by atoms with van der Waals surface area (Å²) in [5.74, 6) is -50.9. The molecule has 0 aliphatic heterocycles. The second-order valence-electron chi connectivity index (χ2n) is 10.7.